The molecule has 1 aromatic heterocycles. The Balaban J connectivity index is 2.74. The zero-order valence-electron chi connectivity index (χ0n) is 6.31. The van der Waals surface area contributed by atoms with E-state index in [1.807, 2.05) is 0 Å². The zero-order chi connectivity index (χ0) is 9.42. The van der Waals surface area contributed by atoms with Crippen LogP contribution in [0.3, 0.4) is 0 Å². The highest BCUT2D eigenvalue weighted by Gasteiger charge is 2.07. The van der Waals surface area contributed by atoms with Crippen LogP contribution < -0.4 is 4.87 Å². The minimum absolute atomic E-state index is 0.0125. The van der Waals surface area contributed by atoms with Gasteiger partial charge in [-0.1, -0.05) is 11.3 Å². The van der Waals surface area contributed by atoms with E-state index in [4.69, 9.17) is 0 Å². The molecule has 5 nitrogen and oxygen atoms in total. The van der Waals surface area contributed by atoms with Gasteiger partial charge < -0.3 is 4.98 Å². The van der Waals surface area contributed by atoms with Gasteiger partial charge in [0.15, 0.2) is 0 Å². The lowest BCUT2D eigenvalue weighted by molar-refractivity contribution is -0.384. The summed E-state index contributed by atoms with van der Waals surface area (Å²) in [6, 6.07) is 4.30. The van der Waals surface area contributed by atoms with Crippen LogP contribution in [0.15, 0.2) is 23.0 Å². The van der Waals surface area contributed by atoms with Gasteiger partial charge in [-0.3, -0.25) is 14.9 Å². The maximum Gasteiger partial charge on any atom is 0.305 e. The Kier molecular flexibility index (Phi) is 1.63. The number of rotatable bonds is 1. The molecule has 0 amide bonds. The topological polar surface area (TPSA) is 76.0 Å². The Morgan fingerprint density at radius 1 is 1.46 bits per heavy atom. The fourth-order valence-electron chi connectivity index (χ4n) is 1.05. The molecule has 1 heterocycles. The Morgan fingerprint density at radius 2 is 2.23 bits per heavy atom. The number of nitro groups is 1. The summed E-state index contributed by atoms with van der Waals surface area (Å²) in [7, 11) is 0. The summed E-state index contributed by atoms with van der Waals surface area (Å²) in [5, 5.41) is 10.4. The van der Waals surface area contributed by atoms with Crippen LogP contribution in [0.1, 0.15) is 0 Å². The molecule has 13 heavy (non-hydrogen) atoms. The quantitative estimate of drug-likeness (QED) is 0.554. The van der Waals surface area contributed by atoms with Crippen molar-refractivity contribution in [1.29, 1.82) is 0 Å². The molecule has 0 aliphatic heterocycles. The van der Waals surface area contributed by atoms with E-state index in [9.17, 15) is 14.9 Å². The van der Waals surface area contributed by atoms with Gasteiger partial charge in [-0.15, -0.1) is 0 Å². The van der Waals surface area contributed by atoms with E-state index < -0.39 is 4.92 Å². The monoisotopic (exact) mass is 196 g/mol. The number of hydrogen-bond donors (Lipinski definition) is 1. The lowest BCUT2D eigenvalue weighted by Gasteiger charge is -1.89. The van der Waals surface area contributed by atoms with Gasteiger partial charge in [0.2, 0.25) is 0 Å². The second-order valence-electron chi connectivity index (χ2n) is 2.45. The molecule has 0 fully saturated rings. The fraction of sp³-hybridized carbons (Fsp3) is 0. The van der Waals surface area contributed by atoms with Crippen molar-refractivity contribution < 1.29 is 4.92 Å². The number of hydrogen-bond acceptors (Lipinski definition) is 4. The number of nitrogens with one attached hydrogen (secondary N) is 1. The normalized spacial score (nSPS) is 10.5. The predicted octanol–water partition coefficient (Wildman–Crippen LogP) is 1.50. The number of H-pyrrole nitrogens is 1. The Bertz CT molecular complexity index is 528. The van der Waals surface area contributed by atoms with E-state index in [0.717, 1.165) is 16.0 Å². The molecule has 0 bridgehead atoms. The first-order valence-corrected chi connectivity index (χ1v) is 4.26. The van der Waals surface area contributed by atoms with Crippen LogP contribution >= 0.6 is 11.3 Å². The van der Waals surface area contributed by atoms with Crippen LogP contribution in [0.4, 0.5) is 5.69 Å². The van der Waals surface area contributed by atoms with Gasteiger partial charge in [0.25, 0.3) is 5.69 Å². The Morgan fingerprint density at radius 3 is 2.92 bits per heavy atom. The Labute approximate surface area is 75.8 Å². The third kappa shape index (κ3) is 1.31. The molecule has 0 saturated heterocycles. The minimum atomic E-state index is -0.491. The first-order valence-electron chi connectivity index (χ1n) is 3.44. The van der Waals surface area contributed by atoms with Crippen LogP contribution in [0, 0.1) is 10.1 Å². The van der Waals surface area contributed by atoms with Crippen molar-refractivity contribution in [2.24, 2.45) is 0 Å². The Hall–Kier alpha value is -1.69. The molecule has 66 valence electrons. The van der Waals surface area contributed by atoms with E-state index in [0.29, 0.717) is 5.52 Å². The van der Waals surface area contributed by atoms with E-state index in [2.05, 4.69) is 4.98 Å². The molecule has 1 N–H and O–H groups in total. The van der Waals surface area contributed by atoms with E-state index in [-0.39, 0.29) is 10.6 Å². The standard InChI is InChI=1S/C7H4N2O3S/c10-7-8-5-3-4(9(11)12)1-2-6(5)13-7/h1-3H,(H,8,10). The zero-order valence-corrected chi connectivity index (χ0v) is 7.13. The molecule has 0 radical (unpaired) electrons. The lowest BCUT2D eigenvalue weighted by Crippen LogP contribution is -1.90. The maximum atomic E-state index is 10.9. The van der Waals surface area contributed by atoms with Gasteiger partial charge in [-0.25, -0.2) is 0 Å². The lowest BCUT2D eigenvalue weighted by atomic mass is 10.3. The molecule has 1 aromatic carbocycles. The summed E-state index contributed by atoms with van der Waals surface area (Å²) >= 11 is 1.04. The number of fused-ring (bicyclic) bond motifs is 1. The summed E-state index contributed by atoms with van der Waals surface area (Å²) in [5.41, 5.74) is 0.505. The highest BCUT2D eigenvalue weighted by atomic mass is 32.1. The fourth-order valence-corrected chi connectivity index (χ4v) is 1.77. The van der Waals surface area contributed by atoms with E-state index in [1.165, 1.54) is 12.1 Å². The largest absolute Gasteiger partial charge is 0.312 e. The summed E-state index contributed by atoms with van der Waals surface area (Å²) in [4.78, 5) is 23.1. The molecule has 0 aliphatic rings. The molecule has 2 rings (SSSR count). The molecule has 0 saturated carbocycles. The molecule has 0 atom stereocenters. The SMILES string of the molecule is O=c1[nH]c2cc([N+](=O)[O-])ccc2s1. The van der Waals surface area contributed by atoms with Crippen molar-refractivity contribution in [2.45, 2.75) is 0 Å². The van der Waals surface area contributed by atoms with Gasteiger partial charge in [0, 0.05) is 12.1 Å². The number of aromatic amines is 1. The predicted molar refractivity (Wildman–Crippen MR) is 49.1 cm³/mol. The highest BCUT2D eigenvalue weighted by Crippen LogP contribution is 2.20. The molecule has 0 spiro atoms. The smallest absolute Gasteiger partial charge is 0.305 e. The van der Waals surface area contributed by atoms with Crippen LogP contribution in [-0.4, -0.2) is 9.91 Å². The number of non-ortho nitro benzene ring substituents is 1. The van der Waals surface area contributed by atoms with Crippen molar-refractivity contribution in [3.63, 3.8) is 0 Å². The average Bonchev–Trinajstić information content (AvgIpc) is 2.42. The summed E-state index contributed by atoms with van der Waals surface area (Å²) < 4.78 is 0.732. The molecular formula is C7H4N2O3S. The third-order valence-electron chi connectivity index (χ3n) is 1.61. The first-order chi connectivity index (χ1) is 6.16. The van der Waals surface area contributed by atoms with Gasteiger partial charge in [-0.2, -0.15) is 0 Å². The second-order valence-corrected chi connectivity index (χ2v) is 3.47. The second kappa shape index (κ2) is 2.67. The van der Waals surface area contributed by atoms with Gasteiger partial charge in [0.05, 0.1) is 15.1 Å². The number of nitro benzene ring substituents is 1. The first kappa shape index (κ1) is 7.93. The van der Waals surface area contributed by atoms with Crippen molar-refractivity contribution >= 4 is 27.2 Å². The molecular weight excluding hydrogens is 192 g/mol. The molecule has 0 unspecified atom stereocenters. The molecule has 0 aliphatic carbocycles. The van der Waals surface area contributed by atoms with Crippen LogP contribution in [0.5, 0.6) is 0 Å². The van der Waals surface area contributed by atoms with Crippen LogP contribution in [-0.2, 0) is 0 Å². The van der Waals surface area contributed by atoms with Crippen molar-refractivity contribution in [2.75, 3.05) is 0 Å². The molecule has 2 aromatic rings. The number of benzene rings is 1. The number of aromatic nitrogens is 1. The summed E-state index contributed by atoms with van der Waals surface area (Å²) in [6.07, 6.45) is 0. The average molecular weight is 196 g/mol. The minimum Gasteiger partial charge on any atom is -0.312 e. The van der Waals surface area contributed by atoms with Crippen molar-refractivity contribution in [3.8, 4) is 0 Å². The van der Waals surface area contributed by atoms with Gasteiger partial charge in [0.1, 0.15) is 0 Å². The third-order valence-corrected chi connectivity index (χ3v) is 2.48. The van der Waals surface area contributed by atoms with E-state index in [1.54, 1.807) is 6.07 Å². The van der Waals surface area contributed by atoms with Gasteiger partial charge >= 0.3 is 4.87 Å². The molecule has 6 heteroatoms. The summed E-state index contributed by atoms with van der Waals surface area (Å²) in [6.45, 7) is 0. The highest BCUT2D eigenvalue weighted by molar-refractivity contribution is 7.16. The number of nitrogens with zero attached hydrogens (tertiary/aromatic N) is 1. The number of thiazole rings is 1. The summed E-state index contributed by atoms with van der Waals surface area (Å²) in [5.74, 6) is 0. The van der Waals surface area contributed by atoms with Crippen molar-refractivity contribution in [1.82, 2.24) is 4.98 Å². The van der Waals surface area contributed by atoms with E-state index >= 15 is 0 Å². The van der Waals surface area contributed by atoms with Crippen molar-refractivity contribution in [3.05, 3.63) is 38.0 Å². The van der Waals surface area contributed by atoms with Gasteiger partial charge in [-0.05, 0) is 6.07 Å². The van der Waals surface area contributed by atoms with Crippen LogP contribution in [0.2, 0.25) is 0 Å². The maximum absolute atomic E-state index is 10.9. The van der Waals surface area contributed by atoms with Crippen LogP contribution in [0.25, 0.3) is 10.2 Å².